The molecule has 0 unspecified atom stereocenters. The van der Waals surface area contributed by atoms with Crippen LogP contribution in [0.2, 0.25) is 0 Å². The fourth-order valence-corrected chi connectivity index (χ4v) is 2.28. The Morgan fingerprint density at radius 1 is 1.50 bits per heavy atom. The van der Waals surface area contributed by atoms with Crippen LogP contribution in [0.4, 0.5) is 4.39 Å². The van der Waals surface area contributed by atoms with Gasteiger partial charge in [-0.1, -0.05) is 0 Å². The summed E-state index contributed by atoms with van der Waals surface area (Å²) in [4.78, 5) is 11.0. The molecular formula is C10H4FNOS. The maximum Gasteiger partial charge on any atom is 0.161 e. The van der Waals surface area contributed by atoms with Crippen LogP contribution in [0.25, 0.3) is 10.1 Å². The topological polar surface area (TPSA) is 40.9 Å². The number of aldehydes is 1. The van der Waals surface area contributed by atoms with E-state index >= 15 is 0 Å². The molecule has 0 aliphatic heterocycles. The van der Waals surface area contributed by atoms with E-state index in [9.17, 15) is 9.18 Å². The number of halogens is 1. The molecule has 0 aliphatic carbocycles. The van der Waals surface area contributed by atoms with Crippen LogP contribution in [0, 0.1) is 17.1 Å². The summed E-state index contributed by atoms with van der Waals surface area (Å²) < 4.78 is 13.4. The number of benzene rings is 1. The molecule has 0 aliphatic rings. The molecule has 0 saturated heterocycles. The van der Waals surface area contributed by atoms with E-state index in [4.69, 9.17) is 5.26 Å². The van der Waals surface area contributed by atoms with Crippen molar-refractivity contribution in [2.75, 3.05) is 0 Å². The predicted molar refractivity (Wildman–Crippen MR) is 51.9 cm³/mol. The van der Waals surface area contributed by atoms with Gasteiger partial charge in [-0.2, -0.15) is 5.26 Å². The zero-order chi connectivity index (χ0) is 10.1. The Labute approximate surface area is 83.2 Å². The van der Waals surface area contributed by atoms with Crippen molar-refractivity contribution in [1.29, 1.82) is 5.26 Å². The van der Waals surface area contributed by atoms with E-state index in [1.807, 2.05) is 6.07 Å². The molecule has 1 aromatic carbocycles. The second-order valence-electron chi connectivity index (χ2n) is 2.71. The summed E-state index contributed by atoms with van der Waals surface area (Å²) in [6.07, 6.45) is 0.626. The predicted octanol–water partition coefficient (Wildman–Crippen LogP) is 2.72. The highest BCUT2D eigenvalue weighted by Gasteiger charge is 2.11. The first-order chi connectivity index (χ1) is 6.76. The molecule has 0 atom stereocenters. The standard InChI is InChI=1S/C10H4FNOS/c11-6-1-2-7-8(4-12)10(5-13)14-9(7)3-6/h1-3,5H. The summed E-state index contributed by atoms with van der Waals surface area (Å²) >= 11 is 1.13. The van der Waals surface area contributed by atoms with E-state index in [0.717, 1.165) is 11.3 Å². The van der Waals surface area contributed by atoms with Gasteiger partial charge in [0.05, 0.1) is 10.4 Å². The lowest BCUT2D eigenvalue weighted by atomic mass is 10.1. The minimum atomic E-state index is -0.360. The SMILES string of the molecule is N#Cc1c(C=O)sc2cc(F)ccc12. The molecule has 0 bridgehead atoms. The normalized spacial score (nSPS) is 10.0. The quantitative estimate of drug-likeness (QED) is 0.671. The van der Waals surface area contributed by atoms with Crippen molar-refractivity contribution in [3.05, 3.63) is 34.5 Å². The molecule has 1 heterocycles. The lowest BCUT2D eigenvalue weighted by molar-refractivity contribution is 0.112. The zero-order valence-electron chi connectivity index (χ0n) is 6.95. The fraction of sp³-hybridized carbons (Fsp3) is 0. The van der Waals surface area contributed by atoms with Gasteiger partial charge >= 0.3 is 0 Å². The number of hydrogen-bond acceptors (Lipinski definition) is 3. The molecule has 0 N–H and O–H groups in total. The molecule has 2 aromatic rings. The fourth-order valence-electron chi connectivity index (χ4n) is 1.29. The molecule has 0 spiro atoms. The van der Waals surface area contributed by atoms with Gasteiger partial charge in [0.15, 0.2) is 6.29 Å². The summed E-state index contributed by atoms with van der Waals surface area (Å²) in [7, 11) is 0. The van der Waals surface area contributed by atoms with Gasteiger partial charge in [-0.25, -0.2) is 4.39 Å². The number of hydrogen-bond donors (Lipinski definition) is 0. The van der Waals surface area contributed by atoms with Crippen LogP contribution >= 0.6 is 11.3 Å². The number of nitrogens with zero attached hydrogens (tertiary/aromatic N) is 1. The van der Waals surface area contributed by atoms with E-state index in [2.05, 4.69) is 0 Å². The molecule has 0 radical (unpaired) electrons. The minimum absolute atomic E-state index is 0.333. The van der Waals surface area contributed by atoms with Crippen molar-refractivity contribution < 1.29 is 9.18 Å². The van der Waals surface area contributed by atoms with Gasteiger partial charge in [0, 0.05) is 10.1 Å². The van der Waals surface area contributed by atoms with Gasteiger partial charge in [-0.05, 0) is 18.2 Å². The zero-order valence-corrected chi connectivity index (χ0v) is 7.77. The summed E-state index contributed by atoms with van der Waals surface area (Å²) in [5.41, 5.74) is 0.333. The van der Waals surface area contributed by atoms with Crippen molar-refractivity contribution >= 4 is 27.7 Å². The molecule has 0 fully saturated rings. The molecular weight excluding hydrogens is 201 g/mol. The Morgan fingerprint density at radius 2 is 2.29 bits per heavy atom. The molecule has 0 saturated carbocycles. The van der Waals surface area contributed by atoms with E-state index in [1.165, 1.54) is 18.2 Å². The van der Waals surface area contributed by atoms with Crippen LogP contribution in [0.1, 0.15) is 15.2 Å². The Bertz CT molecular complexity index is 553. The Morgan fingerprint density at radius 3 is 2.93 bits per heavy atom. The van der Waals surface area contributed by atoms with E-state index in [0.29, 0.717) is 26.8 Å². The third-order valence-corrected chi connectivity index (χ3v) is 2.98. The minimum Gasteiger partial charge on any atom is -0.297 e. The van der Waals surface area contributed by atoms with Crippen LogP contribution in [-0.4, -0.2) is 6.29 Å². The van der Waals surface area contributed by atoms with E-state index in [1.54, 1.807) is 0 Å². The number of fused-ring (bicyclic) bond motifs is 1. The highest BCUT2D eigenvalue weighted by atomic mass is 32.1. The molecule has 2 rings (SSSR count). The highest BCUT2D eigenvalue weighted by Crippen LogP contribution is 2.30. The maximum atomic E-state index is 12.8. The second kappa shape index (κ2) is 3.20. The van der Waals surface area contributed by atoms with E-state index in [-0.39, 0.29) is 5.82 Å². The van der Waals surface area contributed by atoms with Gasteiger partial charge in [-0.15, -0.1) is 11.3 Å². The number of rotatable bonds is 1. The van der Waals surface area contributed by atoms with Crippen molar-refractivity contribution in [3.8, 4) is 6.07 Å². The average Bonchev–Trinajstić information content (AvgIpc) is 2.54. The van der Waals surface area contributed by atoms with Gasteiger partial charge in [-0.3, -0.25) is 4.79 Å². The molecule has 14 heavy (non-hydrogen) atoms. The summed E-state index contributed by atoms with van der Waals surface area (Å²) in [5.74, 6) is -0.360. The summed E-state index contributed by atoms with van der Waals surface area (Å²) in [5, 5.41) is 9.45. The number of thiophene rings is 1. The van der Waals surface area contributed by atoms with Gasteiger partial charge in [0.25, 0.3) is 0 Å². The largest absolute Gasteiger partial charge is 0.297 e. The smallest absolute Gasteiger partial charge is 0.161 e. The van der Waals surface area contributed by atoms with Gasteiger partial charge in [0.1, 0.15) is 11.9 Å². The third kappa shape index (κ3) is 1.19. The number of carbonyl (C=O) groups excluding carboxylic acids is 1. The van der Waals surface area contributed by atoms with Gasteiger partial charge in [0.2, 0.25) is 0 Å². The molecule has 0 amide bonds. The first-order valence-electron chi connectivity index (χ1n) is 3.83. The monoisotopic (exact) mass is 205 g/mol. The van der Waals surface area contributed by atoms with Crippen LogP contribution in [0.5, 0.6) is 0 Å². The molecule has 4 heteroatoms. The van der Waals surface area contributed by atoms with Crippen molar-refractivity contribution in [2.45, 2.75) is 0 Å². The Kier molecular flexibility index (Phi) is 2.02. The van der Waals surface area contributed by atoms with Crippen molar-refractivity contribution in [2.24, 2.45) is 0 Å². The van der Waals surface area contributed by atoms with Gasteiger partial charge < -0.3 is 0 Å². The highest BCUT2D eigenvalue weighted by molar-refractivity contribution is 7.20. The Hall–Kier alpha value is -1.73. The molecule has 68 valence electrons. The lowest BCUT2D eigenvalue weighted by Gasteiger charge is -1.89. The van der Waals surface area contributed by atoms with Crippen LogP contribution in [-0.2, 0) is 0 Å². The molecule has 1 aromatic heterocycles. The average molecular weight is 205 g/mol. The van der Waals surface area contributed by atoms with Crippen LogP contribution in [0.3, 0.4) is 0 Å². The lowest BCUT2D eigenvalue weighted by Crippen LogP contribution is -1.78. The maximum absolute atomic E-state index is 12.8. The molecule has 2 nitrogen and oxygen atoms in total. The van der Waals surface area contributed by atoms with Crippen molar-refractivity contribution in [3.63, 3.8) is 0 Å². The van der Waals surface area contributed by atoms with Crippen molar-refractivity contribution in [1.82, 2.24) is 0 Å². The Balaban J connectivity index is 2.88. The number of nitriles is 1. The van der Waals surface area contributed by atoms with E-state index < -0.39 is 0 Å². The van der Waals surface area contributed by atoms with Crippen LogP contribution < -0.4 is 0 Å². The second-order valence-corrected chi connectivity index (χ2v) is 3.80. The number of carbonyl (C=O) groups is 1. The first-order valence-corrected chi connectivity index (χ1v) is 4.65. The third-order valence-electron chi connectivity index (χ3n) is 1.90. The summed E-state index contributed by atoms with van der Waals surface area (Å²) in [6, 6.07) is 6.08. The van der Waals surface area contributed by atoms with Crippen LogP contribution in [0.15, 0.2) is 18.2 Å². The first kappa shape index (κ1) is 8.85. The summed E-state index contributed by atoms with van der Waals surface area (Å²) in [6.45, 7) is 0.